The highest BCUT2D eigenvalue weighted by Crippen LogP contribution is 2.44. The summed E-state index contributed by atoms with van der Waals surface area (Å²) in [7, 11) is 3.27. The van der Waals surface area contributed by atoms with Crippen LogP contribution in [0.5, 0.6) is 11.5 Å². The van der Waals surface area contributed by atoms with Crippen LogP contribution in [0.2, 0.25) is 0 Å². The van der Waals surface area contributed by atoms with Crippen LogP contribution in [0.3, 0.4) is 0 Å². The van der Waals surface area contributed by atoms with Gasteiger partial charge in [0.1, 0.15) is 11.5 Å². The van der Waals surface area contributed by atoms with E-state index in [1.54, 1.807) is 14.2 Å². The van der Waals surface area contributed by atoms with Crippen LogP contribution in [0.1, 0.15) is 36.4 Å². The standard InChI is InChI=1S/C23H28N2O3/c1-27-18-11-16(12-19(13-18)28-2)15-24-23(26)20-14-22(17-7-4-3-5-8-17)25-10-6-9-21(20)25/h3-5,7-8,11-13,20-22H,6,9-10,14-15H2,1-2H3,(H,24,26)/t20-,21+,22-/m0/s1. The van der Waals surface area contributed by atoms with Gasteiger partial charge in [-0.1, -0.05) is 30.3 Å². The van der Waals surface area contributed by atoms with E-state index in [0.29, 0.717) is 18.6 Å². The van der Waals surface area contributed by atoms with Gasteiger partial charge in [-0.05, 0) is 49.1 Å². The number of hydrogen-bond donors (Lipinski definition) is 1. The van der Waals surface area contributed by atoms with E-state index in [0.717, 1.165) is 36.4 Å². The third-order valence-electron chi connectivity index (χ3n) is 6.08. The van der Waals surface area contributed by atoms with Crippen LogP contribution in [-0.4, -0.2) is 37.6 Å². The fraction of sp³-hybridized carbons (Fsp3) is 0.435. The molecule has 4 rings (SSSR count). The number of nitrogens with zero attached hydrogens (tertiary/aromatic N) is 1. The Morgan fingerprint density at radius 2 is 1.82 bits per heavy atom. The van der Waals surface area contributed by atoms with Crippen LogP contribution < -0.4 is 14.8 Å². The first-order valence-electron chi connectivity index (χ1n) is 10.00. The smallest absolute Gasteiger partial charge is 0.225 e. The monoisotopic (exact) mass is 380 g/mol. The van der Waals surface area contributed by atoms with E-state index in [2.05, 4.69) is 34.5 Å². The van der Waals surface area contributed by atoms with Crippen LogP contribution >= 0.6 is 0 Å². The van der Waals surface area contributed by atoms with Gasteiger partial charge in [-0.3, -0.25) is 9.69 Å². The largest absolute Gasteiger partial charge is 0.497 e. The van der Waals surface area contributed by atoms with Gasteiger partial charge in [0.2, 0.25) is 5.91 Å². The molecule has 0 unspecified atom stereocenters. The molecule has 5 nitrogen and oxygen atoms in total. The van der Waals surface area contributed by atoms with Crippen LogP contribution in [-0.2, 0) is 11.3 Å². The first-order chi connectivity index (χ1) is 13.7. The number of amides is 1. The Labute approximate surface area is 166 Å². The van der Waals surface area contributed by atoms with Gasteiger partial charge in [0.25, 0.3) is 0 Å². The summed E-state index contributed by atoms with van der Waals surface area (Å²) >= 11 is 0. The number of rotatable bonds is 6. The molecule has 2 heterocycles. The lowest BCUT2D eigenvalue weighted by molar-refractivity contribution is -0.125. The number of carbonyl (C=O) groups is 1. The van der Waals surface area contributed by atoms with E-state index in [-0.39, 0.29) is 11.8 Å². The molecule has 0 saturated carbocycles. The Morgan fingerprint density at radius 3 is 2.50 bits per heavy atom. The molecule has 0 spiro atoms. The van der Waals surface area contributed by atoms with Gasteiger partial charge in [-0.15, -0.1) is 0 Å². The van der Waals surface area contributed by atoms with E-state index < -0.39 is 0 Å². The molecule has 2 aliphatic heterocycles. The lowest BCUT2D eigenvalue weighted by Crippen LogP contribution is -2.37. The summed E-state index contributed by atoms with van der Waals surface area (Å²) in [5.41, 5.74) is 2.30. The molecule has 0 aliphatic carbocycles. The molecular formula is C23H28N2O3. The van der Waals surface area contributed by atoms with Crippen molar-refractivity contribution in [3.8, 4) is 11.5 Å². The van der Waals surface area contributed by atoms with Crippen LogP contribution in [0.25, 0.3) is 0 Å². The summed E-state index contributed by atoms with van der Waals surface area (Å²) in [6.45, 7) is 1.56. The molecular weight excluding hydrogens is 352 g/mol. The van der Waals surface area contributed by atoms with Crippen molar-refractivity contribution in [2.45, 2.75) is 37.9 Å². The predicted octanol–water partition coefficient (Wildman–Crippen LogP) is 3.55. The van der Waals surface area contributed by atoms with Crippen molar-refractivity contribution in [2.75, 3.05) is 20.8 Å². The van der Waals surface area contributed by atoms with Crippen molar-refractivity contribution >= 4 is 5.91 Å². The zero-order valence-electron chi connectivity index (χ0n) is 16.6. The number of ether oxygens (including phenoxy) is 2. The molecule has 5 heteroatoms. The molecule has 3 atom stereocenters. The summed E-state index contributed by atoms with van der Waals surface area (Å²) in [6.07, 6.45) is 3.17. The summed E-state index contributed by atoms with van der Waals surface area (Å²) in [5, 5.41) is 3.15. The van der Waals surface area contributed by atoms with Gasteiger partial charge >= 0.3 is 0 Å². The van der Waals surface area contributed by atoms with Crippen molar-refractivity contribution in [1.82, 2.24) is 10.2 Å². The highest BCUT2D eigenvalue weighted by molar-refractivity contribution is 5.80. The van der Waals surface area contributed by atoms with Crippen LogP contribution in [0, 0.1) is 5.92 Å². The van der Waals surface area contributed by atoms with Crippen molar-refractivity contribution in [2.24, 2.45) is 5.92 Å². The van der Waals surface area contributed by atoms with Gasteiger partial charge in [0, 0.05) is 24.7 Å². The minimum Gasteiger partial charge on any atom is -0.497 e. The molecule has 148 valence electrons. The van der Waals surface area contributed by atoms with Crippen molar-refractivity contribution in [3.05, 3.63) is 59.7 Å². The molecule has 0 radical (unpaired) electrons. The van der Waals surface area contributed by atoms with Gasteiger partial charge in [-0.2, -0.15) is 0 Å². The molecule has 0 bridgehead atoms. The summed E-state index contributed by atoms with van der Waals surface area (Å²) in [4.78, 5) is 15.6. The lowest BCUT2D eigenvalue weighted by atomic mass is 9.93. The molecule has 2 aliphatic rings. The second kappa shape index (κ2) is 8.23. The zero-order chi connectivity index (χ0) is 19.5. The number of fused-ring (bicyclic) bond motifs is 1. The molecule has 28 heavy (non-hydrogen) atoms. The summed E-state index contributed by atoms with van der Waals surface area (Å²) in [6, 6.07) is 17.0. The van der Waals surface area contributed by atoms with Gasteiger partial charge < -0.3 is 14.8 Å². The van der Waals surface area contributed by atoms with E-state index in [9.17, 15) is 4.79 Å². The molecule has 2 saturated heterocycles. The van der Waals surface area contributed by atoms with Gasteiger partial charge in [-0.25, -0.2) is 0 Å². The molecule has 2 aromatic carbocycles. The average molecular weight is 380 g/mol. The number of carbonyl (C=O) groups excluding carboxylic acids is 1. The normalized spacial score (nSPS) is 24.0. The SMILES string of the molecule is COc1cc(CNC(=O)[C@H]2C[C@@H](c3ccccc3)N3CCC[C@H]23)cc(OC)c1. The average Bonchev–Trinajstić information content (AvgIpc) is 3.35. The van der Waals surface area contributed by atoms with Crippen molar-refractivity contribution in [3.63, 3.8) is 0 Å². The second-order valence-electron chi connectivity index (χ2n) is 7.65. The predicted molar refractivity (Wildman–Crippen MR) is 108 cm³/mol. The minimum absolute atomic E-state index is 0.0419. The fourth-order valence-corrected chi connectivity index (χ4v) is 4.74. The summed E-state index contributed by atoms with van der Waals surface area (Å²) in [5.74, 6) is 1.66. The number of methoxy groups -OCH3 is 2. The first-order valence-corrected chi connectivity index (χ1v) is 10.00. The number of nitrogens with one attached hydrogen (secondary N) is 1. The van der Waals surface area contributed by atoms with Crippen molar-refractivity contribution in [1.29, 1.82) is 0 Å². The van der Waals surface area contributed by atoms with E-state index >= 15 is 0 Å². The molecule has 2 aromatic rings. The maximum absolute atomic E-state index is 13.0. The minimum atomic E-state index is 0.0419. The maximum Gasteiger partial charge on any atom is 0.225 e. The third-order valence-corrected chi connectivity index (χ3v) is 6.08. The number of hydrogen-bond acceptors (Lipinski definition) is 4. The quantitative estimate of drug-likeness (QED) is 0.833. The van der Waals surface area contributed by atoms with Crippen LogP contribution in [0.4, 0.5) is 0 Å². The van der Waals surface area contributed by atoms with E-state index in [1.165, 1.54) is 12.0 Å². The van der Waals surface area contributed by atoms with Crippen LogP contribution in [0.15, 0.2) is 48.5 Å². The Hall–Kier alpha value is -2.53. The molecule has 2 fully saturated rings. The lowest BCUT2D eigenvalue weighted by Gasteiger charge is -2.24. The highest BCUT2D eigenvalue weighted by atomic mass is 16.5. The first kappa shape index (κ1) is 18.8. The molecule has 1 amide bonds. The van der Waals surface area contributed by atoms with E-state index in [4.69, 9.17) is 9.47 Å². The van der Waals surface area contributed by atoms with Gasteiger partial charge in [0.15, 0.2) is 0 Å². The Balaban J connectivity index is 1.45. The van der Waals surface area contributed by atoms with E-state index in [1.807, 2.05) is 24.3 Å². The second-order valence-corrected chi connectivity index (χ2v) is 7.65. The maximum atomic E-state index is 13.0. The zero-order valence-corrected chi connectivity index (χ0v) is 16.6. The highest BCUT2D eigenvalue weighted by Gasteiger charge is 2.46. The fourth-order valence-electron chi connectivity index (χ4n) is 4.74. The molecule has 0 aromatic heterocycles. The molecule has 1 N–H and O–H groups in total. The Bertz CT molecular complexity index is 802. The third kappa shape index (κ3) is 3.72. The van der Waals surface area contributed by atoms with Gasteiger partial charge in [0.05, 0.1) is 20.1 Å². The van der Waals surface area contributed by atoms with Crippen molar-refractivity contribution < 1.29 is 14.3 Å². The summed E-state index contributed by atoms with van der Waals surface area (Å²) < 4.78 is 10.6. The number of benzene rings is 2. The Morgan fingerprint density at radius 1 is 1.11 bits per heavy atom. The Kier molecular flexibility index (Phi) is 5.53. The topological polar surface area (TPSA) is 50.8 Å².